The topological polar surface area (TPSA) is 66.5 Å². The van der Waals surface area contributed by atoms with Crippen LogP contribution >= 0.6 is 0 Å². The lowest BCUT2D eigenvalue weighted by atomic mass is 9.99. The van der Waals surface area contributed by atoms with Crippen LogP contribution in [-0.2, 0) is 10.0 Å². The van der Waals surface area contributed by atoms with Crippen LogP contribution in [0, 0.1) is 5.92 Å². The molecule has 1 atom stereocenters. The monoisotopic (exact) mass is 378 g/mol. The standard InChI is InChI=1S/C20H30N2O3S/c1-16-8-7-13-22(15-16)20(23)17-9-6-12-19(14-17)26(24,25)21-18-10-4-2-3-5-11-18/h6,9,12,14,16,18,21H,2-5,7-8,10-11,13,15H2,1H3. The quantitative estimate of drug-likeness (QED) is 0.815. The summed E-state index contributed by atoms with van der Waals surface area (Å²) in [4.78, 5) is 14.8. The van der Waals surface area contributed by atoms with Gasteiger partial charge in [-0.25, -0.2) is 13.1 Å². The first kappa shape index (κ1) is 19.4. The number of hydrogen-bond acceptors (Lipinski definition) is 3. The smallest absolute Gasteiger partial charge is 0.253 e. The van der Waals surface area contributed by atoms with Crippen molar-refractivity contribution in [2.45, 2.75) is 69.2 Å². The predicted molar refractivity (Wildman–Crippen MR) is 103 cm³/mol. The molecule has 0 spiro atoms. The van der Waals surface area contributed by atoms with Crippen molar-refractivity contribution in [1.82, 2.24) is 9.62 Å². The van der Waals surface area contributed by atoms with E-state index in [9.17, 15) is 13.2 Å². The summed E-state index contributed by atoms with van der Waals surface area (Å²) in [5, 5.41) is 0. The highest BCUT2D eigenvalue weighted by molar-refractivity contribution is 7.89. The van der Waals surface area contributed by atoms with Gasteiger partial charge >= 0.3 is 0 Å². The maximum absolute atomic E-state index is 12.8. The van der Waals surface area contributed by atoms with Gasteiger partial charge in [0.25, 0.3) is 5.91 Å². The van der Waals surface area contributed by atoms with Crippen molar-refractivity contribution in [3.05, 3.63) is 29.8 Å². The first-order valence-corrected chi connectivity index (χ1v) is 11.4. The molecule has 0 radical (unpaired) electrons. The van der Waals surface area contributed by atoms with Crippen molar-refractivity contribution in [2.24, 2.45) is 5.92 Å². The lowest BCUT2D eigenvalue weighted by Crippen LogP contribution is -2.39. The zero-order valence-corrected chi connectivity index (χ0v) is 16.4. The number of nitrogens with one attached hydrogen (secondary N) is 1. The third-order valence-electron chi connectivity index (χ3n) is 5.51. The molecule has 2 fully saturated rings. The molecule has 1 N–H and O–H groups in total. The van der Waals surface area contributed by atoms with Crippen molar-refractivity contribution in [3.63, 3.8) is 0 Å². The van der Waals surface area contributed by atoms with Gasteiger partial charge in [0.05, 0.1) is 4.90 Å². The van der Waals surface area contributed by atoms with Gasteiger partial charge in [-0.2, -0.15) is 0 Å². The third kappa shape index (κ3) is 4.86. The average Bonchev–Trinajstić information content (AvgIpc) is 2.89. The fourth-order valence-electron chi connectivity index (χ4n) is 4.04. The normalized spacial score (nSPS) is 22.8. The van der Waals surface area contributed by atoms with E-state index in [4.69, 9.17) is 0 Å². The highest BCUT2D eigenvalue weighted by Gasteiger charge is 2.25. The number of likely N-dealkylation sites (tertiary alicyclic amines) is 1. The molecular weight excluding hydrogens is 348 g/mol. The minimum atomic E-state index is -3.59. The van der Waals surface area contributed by atoms with Gasteiger partial charge in [0.15, 0.2) is 0 Å². The fourth-order valence-corrected chi connectivity index (χ4v) is 5.39. The van der Waals surface area contributed by atoms with Gasteiger partial charge in [0.2, 0.25) is 10.0 Å². The third-order valence-corrected chi connectivity index (χ3v) is 7.03. The molecule has 1 unspecified atom stereocenters. The molecule has 6 heteroatoms. The Bertz CT molecular complexity index is 724. The molecule has 5 nitrogen and oxygen atoms in total. The molecule has 1 saturated heterocycles. The summed E-state index contributed by atoms with van der Waals surface area (Å²) in [5.41, 5.74) is 0.461. The highest BCUT2D eigenvalue weighted by atomic mass is 32.2. The Labute approximate surface area is 157 Å². The number of piperidine rings is 1. The van der Waals surface area contributed by atoms with E-state index in [1.54, 1.807) is 18.2 Å². The molecule has 2 aliphatic rings. The molecule has 26 heavy (non-hydrogen) atoms. The number of carbonyl (C=O) groups is 1. The molecule has 0 aromatic heterocycles. The van der Waals surface area contributed by atoms with Crippen molar-refractivity contribution in [2.75, 3.05) is 13.1 Å². The van der Waals surface area contributed by atoms with Crippen LogP contribution in [0.15, 0.2) is 29.2 Å². The van der Waals surface area contributed by atoms with E-state index in [1.165, 1.54) is 18.9 Å². The predicted octanol–water partition coefficient (Wildman–Crippen LogP) is 3.56. The van der Waals surface area contributed by atoms with Gasteiger partial charge in [-0.15, -0.1) is 0 Å². The molecule has 1 heterocycles. The Kier molecular flexibility index (Phi) is 6.35. The van der Waals surface area contributed by atoms with Crippen LogP contribution in [0.25, 0.3) is 0 Å². The molecule has 0 bridgehead atoms. The Hall–Kier alpha value is -1.40. The van der Waals surface area contributed by atoms with E-state index in [0.717, 1.165) is 51.6 Å². The van der Waals surface area contributed by atoms with Crippen LogP contribution in [-0.4, -0.2) is 38.4 Å². The van der Waals surface area contributed by atoms with Crippen molar-refractivity contribution in [3.8, 4) is 0 Å². The SMILES string of the molecule is CC1CCCN(C(=O)c2cccc(S(=O)(=O)NC3CCCCCC3)c2)C1. The Morgan fingerprint density at radius 1 is 1.08 bits per heavy atom. The minimum absolute atomic E-state index is 0.00445. The number of rotatable bonds is 4. The number of carbonyl (C=O) groups excluding carboxylic acids is 1. The Balaban J connectivity index is 1.74. The van der Waals surface area contributed by atoms with Gasteiger partial charge in [0, 0.05) is 24.7 Å². The van der Waals surface area contributed by atoms with E-state index in [-0.39, 0.29) is 16.8 Å². The summed E-state index contributed by atoms with van der Waals surface area (Å²) in [7, 11) is -3.59. The van der Waals surface area contributed by atoms with E-state index < -0.39 is 10.0 Å². The first-order chi connectivity index (χ1) is 12.5. The maximum Gasteiger partial charge on any atom is 0.253 e. The molecule has 1 aromatic carbocycles. The van der Waals surface area contributed by atoms with Gasteiger partial charge in [-0.1, -0.05) is 38.7 Å². The van der Waals surface area contributed by atoms with Crippen molar-refractivity contribution < 1.29 is 13.2 Å². The lowest BCUT2D eigenvalue weighted by Gasteiger charge is -2.31. The second-order valence-electron chi connectivity index (χ2n) is 7.84. The second kappa shape index (κ2) is 8.53. The first-order valence-electron chi connectivity index (χ1n) is 9.87. The van der Waals surface area contributed by atoms with Crippen molar-refractivity contribution >= 4 is 15.9 Å². The van der Waals surface area contributed by atoms with E-state index in [0.29, 0.717) is 11.5 Å². The van der Waals surface area contributed by atoms with Gasteiger partial charge in [0.1, 0.15) is 0 Å². The van der Waals surface area contributed by atoms with E-state index in [1.807, 2.05) is 4.90 Å². The van der Waals surface area contributed by atoms with E-state index >= 15 is 0 Å². The molecule has 144 valence electrons. The zero-order chi connectivity index (χ0) is 18.6. The number of nitrogens with zero attached hydrogens (tertiary/aromatic N) is 1. The lowest BCUT2D eigenvalue weighted by molar-refractivity contribution is 0.0683. The van der Waals surface area contributed by atoms with Crippen LogP contribution in [0.5, 0.6) is 0 Å². The average molecular weight is 379 g/mol. The van der Waals surface area contributed by atoms with Gasteiger partial charge < -0.3 is 4.90 Å². The molecule has 1 aliphatic carbocycles. The van der Waals surface area contributed by atoms with Crippen molar-refractivity contribution in [1.29, 1.82) is 0 Å². The van der Waals surface area contributed by atoms with Crippen LogP contribution in [0.2, 0.25) is 0 Å². The summed E-state index contributed by atoms with van der Waals surface area (Å²) in [6.07, 6.45) is 8.43. The molecular formula is C20H30N2O3S. The minimum Gasteiger partial charge on any atom is -0.338 e. The van der Waals surface area contributed by atoms with Gasteiger partial charge in [-0.05, 0) is 49.8 Å². The second-order valence-corrected chi connectivity index (χ2v) is 9.55. The summed E-state index contributed by atoms with van der Waals surface area (Å²) < 4.78 is 28.4. The molecule has 1 aliphatic heterocycles. The van der Waals surface area contributed by atoms with Crippen LogP contribution in [0.4, 0.5) is 0 Å². The summed E-state index contributed by atoms with van der Waals surface area (Å²) in [6.45, 7) is 3.65. The highest BCUT2D eigenvalue weighted by Crippen LogP contribution is 2.22. The molecule has 3 rings (SSSR count). The number of amides is 1. The Morgan fingerprint density at radius 3 is 2.50 bits per heavy atom. The molecule has 1 aromatic rings. The zero-order valence-electron chi connectivity index (χ0n) is 15.6. The Morgan fingerprint density at radius 2 is 1.81 bits per heavy atom. The maximum atomic E-state index is 12.8. The molecule has 1 amide bonds. The summed E-state index contributed by atoms with van der Waals surface area (Å²) in [5.74, 6) is 0.430. The van der Waals surface area contributed by atoms with Gasteiger partial charge in [-0.3, -0.25) is 4.79 Å². The van der Waals surface area contributed by atoms with E-state index in [2.05, 4.69) is 11.6 Å². The van der Waals surface area contributed by atoms with Crippen LogP contribution in [0.1, 0.15) is 68.6 Å². The summed E-state index contributed by atoms with van der Waals surface area (Å²) in [6, 6.07) is 6.49. The molecule has 1 saturated carbocycles. The largest absolute Gasteiger partial charge is 0.338 e. The van der Waals surface area contributed by atoms with Crippen LogP contribution in [0.3, 0.4) is 0 Å². The number of sulfonamides is 1. The number of hydrogen-bond donors (Lipinski definition) is 1. The fraction of sp³-hybridized carbons (Fsp3) is 0.650. The van der Waals surface area contributed by atoms with Crippen LogP contribution < -0.4 is 4.72 Å². The summed E-state index contributed by atoms with van der Waals surface area (Å²) >= 11 is 0. The number of benzene rings is 1.